The molecule has 0 bridgehead atoms. The maximum Gasteiger partial charge on any atom is 0.416 e. The number of nitrogens with zero attached hydrogens (tertiary/aromatic N) is 5. The van der Waals surface area contributed by atoms with Crippen LogP contribution < -0.4 is 5.56 Å². The van der Waals surface area contributed by atoms with Crippen molar-refractivity contribution in [2.24, 2.45) is 0 Å². The third kappa shape index (κ3) is 4.59. The molecule has 0 spiro atoms. The minimum absolute atomic E-state index is 0.0500. The van der Waals surface area contributed by atoms with Gasteiger partial charge in [-0.3, -0.25) is 14.9 Å². The summed E-state index contributed by atoms with van der Waals surface area (Å²) >= 11 is 7.92. The van der Waals surface area contributed by atoms with Crippen molar-refractivity contribution in [3.8, 4) is 5.69 Å². The summed E-state index contributed by atoms with van der Waals surface area (Å²) in [6, 6.07) is 7.12. The van der Waals surface area contributed by atoms with E-state index < -0.39 is 22.2 Å². The quantitative estimate of drug-likeness (QED) is 0.213. The van der Waals surface area contributed by atoms with E-state index in [9.17, 15) is 28.1 Å². The van der Waals surface area contributed by atoms with Crippen molar-refractivity contribution in [2.75, 3.05) is 0 Å². The Morgan fingerprint density at radius 1 is 1.25 bits per heavy atom. The number of nitro groups is 1. The second-order valence-corrected chi connectivity index (χ2v) is 8.99. The maximum absolute atomic E-state index is 12.9. The number of hydrogen-bond acceptors (Lipinski definition) is 8. The smallest absolute Gasteiger partial charge is 0.267 e. The topological polar surface area (TPSA) is 104 Å². The molecule has 2 heterocycles. The first kappa shape index (κ1) is 22.2. The molecular weight excluding hydrogens is 491 g/mol. The molecular formula is C18H9ClF3N5O3S2. The Bertz CT molecular complexity index is 1410. The van der Waals surface area contributed by atoms with Gasteiger partial charge in [-0.15, -0.1) is 16.4 Å². The van der Waals surface area contributed by atoms with Crippen LogP contribution in [0, 0.1) is 10.1 Å². The van der Waals surface area contributed by atoms with Gasteiger partial charge in [-0.25, -0.2) is 4.68 Å². The third-order valence-electron chi connectivity index (χ3n) is 4.17. The molecule has 0 amide bonds. The summed E-state index contributed by atoms with van der Waals surface area (Å²) in [4.78, 5) is 26.9. The lowest BCUT2D eigenvalue weighted by Crippen LogP contribution is -2.06. The van der Waals surface area contributed by atoms with Crippen molar-refractivity contribution in [1.82, 2.24) is 20.0 Å². The molecule has 4 aromatic rings. The lowest BCUT2D eigenvalue weighted by Gasteiger charge is -2.08. The Morgan fingerprint density at radius 2 is 2.03 bits per heavy atom. The van der Waals surface area contributed by atoms with Gasteiger partial charge in [0.2, 0.25) is 0 Å². The highest BCUT2D eigenvalue weighted by atomic mass is 35.5. The SMILES string of the molecule is O=c1nc(SCc2cn(-c3cccc(C(F)(F)F)c3)nn2)sc2c([N+](=O)[O-])cc(Cl)cc12. The third-order valence-corrected chi connectivity index (χ3v) is 6.66. The number of fused-ring (bicyclic) bond motifs is 1. The first-order valence-corrected chi connectivity index (χ1v) is 10.8. The van der Waals surface area contributed by atoms with Crippen molar-refractivity contribution in [1.29, 1.82) is 0 Å². The first-order chi connectivity index (χ1) is 15.1. The van der Waals surface area contributed by atoms with Crippen LogP contribution in [0.3, 0.4) is 0 Å². The Balaban J connectivity index is 1.58. The molecule has 0 atom stereocenters. The molecule has 32 heavy (non-hydrogen) atoms. The summed E-state index contributed by atoms with van der Waals surface area (Å²) in [5.41, 5.74) is -1.16. The van der Waals surface area contributed by atoms with Crippen molar-refractivity contribution in [2.45, 2.75) is 16.3 Å². The highest BCUT2D eigenvalue weighted by Gasteiger charge is 2.30. The van der Waals surface area contributed by atoms with Crippen molar-refractivity contribution in [3.63, 3.8) is 0 Å². The molecule has 4 rings (SSSR count). The van der Waals surface area contributed by atoms with E-state index >= 15 is 0 Å². The summed E-state index contributed by atoms with van der Waals surface area (Å²) in [6.45, 7) is 0. The number of benzene rings is 2. The summed E-state index contributed by atoms with van der Waals surface area (Å²) in [5.74, 6) is 0.189. The van der Waals surface area contributed by atoms with E-state index in [0.29, 0.717) is 5.69 Å². The van der Waals surface area contributed by atoms with Crippen LogP contribution in [0.4, 0.5) is 18.9 Å². The molecule has 164 valence electrons. The fourth-order valence-corrected chi connectivity index (χ4v) is 4.97. The number of alkyl halides is 3. The number of nitro benzene ring substituents is 1. The van der Waals surface area contributed by atoms with Crippen LogP contribution in [-0.2, 0) is 11.9 Å². The molecule has 0 aliphatic rings. The Morgan fingerprint density at radius 3 is 2.75 bits per heavy atom. The van der Waals surface area contributed by atoms with Gasteiger partial charge < -0.3 is 0 Å². The predicted octanol–water partition coefficient (Wildman–Crippen LogP) is 5.11. The fourth-order valence-electron chi connectivity index (χ4n) is 2.75. The number of non-ortho nitro benzene ring substituents is 1. The van der Waals surface area contributed by atoms with E-state index in [1.165, 1.54) is 29.1 Å². The van der Waals surface area contributed by atoms with Gasteiger partial charge in [0, 0.05) is 16.8 Å². The maximum atomic E-state index is 12.9. The second kappa shape index (κ2) is 8.48. The van der Waals surface area contributed by atoms with Crippen LogP contribution in [0.25, 0.3) is 15.8 Å². The average molecular weight is 500 g/mol. The predicted molar refractivity (Wildman–Crippen MR) is 113 cm³/mol. The number of aromatic nitrogens is 4. The van der Waals surface area contributed by atoms with Crippen LogP contribution in [0.1, 0.15) is 11.3 Å². The number of thioether (sulfide) groups is 1. The van der Waals surface area contributed by atoms with Crippen LogP contribution in [0.5, 0.6) is 0 Å². The normalized spacial score (nSPS) is 11.8. The molecule has 0 aliphatic carbocycles. The van der Waals surface area contributed by atoms with E-state index in [-0.39, 0.29) is 36.6 Å². The van der Waals surface area contributed by atoms with Crippen LogP contribution in [0.15, 0.2) is 51.7 Å². The molecule has 2 aromatic carbocycles. The zero-order valence-corrected chi connectivity index (χ0v) is 17.9. The summed E-state index contributed by atoms with van der Waals surface area (Å²) in [7, 11) is 0. The molecule has 0 unspecified atom stereocenters. The Kier molecular flexibility index (Phi) is 5.88. The second-order valence-electron chi connectivity index (χ2n) is 6.33. The molecule has 0 saturated carbocycles. The molecule has 0 radical (unpaired) electrons. The van der Waals surface area contributed by atoms with E-state index in [2.05, 4.69) is 15.3 Å². The van der Waals surface area contributed by atoms with Gasteiger partial charge in [-0.05, 0) is 24.3 Å². The minimum Gasteiger partial charge on any atom is -0.267 e. The van der Waals surface area contributed by atoms with Gasteiger partial charge >= 0.3 is 6.18 Å². The zero-order chi connectivity index (χ0) is 23.0. The summed E-state index contributed by atoms with van der Waals surface area (Å²) < 4.78 is 40.4. The molecule has 2 aromatic heterocycles. The van der Waals surface area contributed by atoms with Gasteiger partial charge in [0.1, 0.15) is 4.70 Å². The van der Waals surface area contributed by atoms with Gasteiger partial charge in [0.05, 0.1) is 33.5 Å². The summed E-state index contributed by atoms with van der Waals surface area (Å²) in [6.07, 6.45) is -3.03. The molecule has 0 fully saturated rings. The van der Waals surface area contributed by atoms with Gasteiger partial charge in [0.15, 0.2) is 4.34 Å². The molecule has 0 aliphatic heterocycles. The average Bonchev–Trinajstić information content (AvgIpc) is 3.21. The Labute approximate surface area is 189 Å². The van der Waals surface area contributed by atoms with Gasteiger partial charge in [-0.1, -0.05) is 34.6 Å². The number of rotatable bonds is 5. The fraction of sp³-hybridized carbons (Fsp3) is 0.111. The van der Waals surface area contributed by atoms with Crippen LogP contribution >= 0.6 is 34.7 Å². The lowest BCUT2D eigenvalue weighted by molar-refractivity contribution is -0.382. The first-order valence-electron chi connectivity index (χ1n) is 8.62. The largest absolute Gasteiger partial charge is 0.416 e. The monoisotopic (exact) mass is 499 g/mol. The number of halogens is 4. The standard InChI is InChI=1S/C18H9ClF3N5O3S2/c19-10-5-13-15(14(6-10)27(29)30)32-17(23-16(13)28)31-8-11-7-26(25-24-11)12-3-1-2-9(4-12)18(20,21)22/h1-7H,8H2. The molecule has 0 saturated heterocycles. The van der Waals surface area contributed by atoms with E-state index in [4.69, 9.17) is 11.6 Å². The summed E-state index contributed by atoms with van der Waals surface area (Å²) in [5, 5.41) is 19.2. The van der Waals surface area contributed by atoms with E-state index in [1.54, 1.807) is 0 Å². The highest BCUT2D eigenvalue weighted by Crippen LogP contribution is 2.35. The van der Waals surface area contributed by atoms with Crippen LogP contribution in [-0.4, -0.2) is 24.9 Å². The molecule has 8 nitrogen and oxygen atoms in total. The minimum atomic E-state index is -4.48. The lowest BCUT2D eigenvalue weighted by atomic mass is 10.2. The number of hydrogen-bond donors (Lipinski definition) is 0. The van der Waals surface area contributed by atoms with Crippen molar-refractivity contribution >= 4 is 50.5 Å². The highest BCUT2D eigenvalue weighted by molar-refractivity contribution is 8.00. The molecule has 14 heteroatoms. The van der Waals surface area contributed by atoms with Crippen molar-refractivity contribution in [3.05, 3.63) is 79.3 Å². The van der Waals surface area contributed by atoms with Crippen LogP contribution in [0.2, 0.25) is 5.02 Å². The Hall–Kier alpha value is -3.03. The van der Waals surface area contributed by atoms with Gasteiger partial charge in [-0.2, -0.15) is 18.2 Å². The van der Waals surface area contributed by atoms with Crippen molar-refractivity contribution < 1.29 is 18.1 Å². The van der Waals surface area contributed by atoms with Gasteiger partial charge in [0.25, 0.3) is 11.2 Å². The van der Waals surface area contributed by atoms with E-state index in [1.807, 2.05) is 0 Å². The zero-order valence-electron chi connectivity index (χ0n) is 15.5. The van der Waals surface area contributed by atoms with E-state index in [0.717, 1.165) is 41.3 Å². The molecule has 0 N–H and O–H groups in total.